The van der Waals surface area contributed by atoms with Crippen LogP contribution in [0.5, 0.6) is 0 Å². The fraction of sp³-hybridized carbons (Fsp3) is 0.250. The van der Waals surface area contributed by atoms with E-state index < -0.39 is 0 Å². The van der Waals surface area contributed by atoms with Gasteiger partial charge in [0.2, 0.25) is 0 Å². The van der Waals surface area contributed by atoms with E-state index in [1.54, 1.807) is 5.38 Å². The van der Waals surface area contributed by atoms with Crippen molar-refractivity contribution in [3.63, 3.8) is 0 Å². The lowest BCUT2D eigenvalue weighted by atomic mass is 10.1. The monoisotopic (exact) mass is 300 g/mol. The molecule has 2 N–H and O–H groups in total. The molecule has 0 saturated carbocycles. The quantitative estimate of drug-likeness (QED) is 0.855. The maximum absolute atomic E-state index is 12.1. The van der Waals surface area contributed by atoms with Gasteiger partial charge in [-0.25, -0.2) is 4.98 Å². The number of amides is 1. The molecule has 4 nitrogen and oxygen atoms in total. The predicted octanol–water partition coefficient (Wildman–Crippen LogP) is 2.29. The van der Waals surface area contributed by atoms with Crippen LogP contribution in [0.1, 0.15) is 39.6 Å². The van der Waals surface area contributed by atoms with Gasteiger partial charge in [-0.1, -0.05) is 24.0 Å². The minimum absolute atomic E-state index is 0.143. The fourth-order valence-corrected chi connectivity index (χ4v) is 2.44. The maximum Gasteiger partial charge on any atom is 0.271 e. The van der Waals surface area contributed by atoms with E-state index in [1.807, 2.05) is 38.1 Å². The second-order valence-corrected chi connectivity index (χ2v) is 5.59. The normalized spacial score (nSPS) is 11.4. The van der Waals surface area contributed by atoms with Crippen molar-refractivity contribution in [2.24, 2.45) is 0 Å². The van der Waals surface area contributed by atoms with Crippen LogP contribution >= 0.6 is 11.3 Å². The van der Waals surface area contributed by atoms with Crippen molar-refractivity contribution in [3.8, 4) is 11.8 Å². The van der Waals surface area contributed by atoms with Crippen molar-refractivity contribution in [3.05, 3.63) is 51.5 Å². The number of aliphatic hydroxyl groups excluding tert-OH is 1. The summed E-state index contributed by atoms with van der Waals surface area (Å²) in [7, 11) is 0. The average Bonchev–Trinajstić information content (AvgIpc) is 2.92. The van der Waals surface area contributed by atoms with E-state index in [2.05, 4.69) is 22.1 Å². The Hall–Kier alpha value is -2.16. The number of nitrogens with zero attached hydrogens (tertiary/aromatic N) is 1. The van der Waals surface area contributed by atoms with Crippen LogP contribution in [-0.2, 0) is 0 Å². The summed E-state index contributed by atoms with van der Waals surface area (Å²) in [4.78, 5) is 16.2. The van der Waals surface area contributed by atoms with Crippen LogP contribution in [0.25, 0.3) is 0 Å². The Bertz CT molecular complexity index is 698. The lowest BCUT2D eigenvalue weighted by molar-refractivity contribution is 0.0935. The zero-order chi connectivity index (χ0) is 15.2. The summed E-state index contributed by atoms with van der Waals surface area (Å²) in [5.41, 5.74) is 2.22. The smallest absolute Gasteiger partial charge is 0.271 e. The van der Waals surface area contributed by atoms with E-state index in [0.29, 0.717) is 5.69 Å². The van der Waals surface area contributed by atoms with Crippen LogP contribution in [0.3, 0.4) is 0 Å². The highest BCUT2D eigenvalue weighted by Gasteiger charge is 2.13. The third-order valence-electron chi connectivity index (χ3n) is 2.90. The number of aliphatic hydroxyl groups is 1. The highest BCUT2D eigenvalue weighted by molar-refractivity contribution is 7.09. The number of benzene rings is 1. The van der Waals surface area contributed by atoms with Gasteiger partial charge in [-0.2, -0.15) is 0 Å². The lowest BCUT2D eigenvalue weighted by Gasteiger charge is -2.13. The van der Waals surface area contributed by atoms with Crippen LogP contribution in [-0.4, -0.2) is 22.6 Å². The van der Waals surface area contributed by atoms with Crippen LogP contribution in [0.4, 0.5) is 0 Å². The van der Waals surface area contributed by atoms with E-state index >= 15 is 0 Å². The Balaban J connectivity index is 2.09. The molecule has 0 aliphatic rings. The van der Waals surface area contributed by atoms with Crippen LogP contribution in [0, 0.1) is 18.8 Å². The summed E-state index contributed by atoms with van der Waals surface area (Å²) < 4.78 is 0. The van der Waals surface area contributed by atoms with Crippen molar-refractivity contribution in [1.29, 1.82) is 0 Å². The second-order valence-electron chi connectivity index (χ2n) is 4.53. The van der Waals surface area contributed by atoms with Gasteiger partial charge in [-0.15, -0.1) is 11.3 Å². The second kappa shape index (κ2) is 7.02. The molecule has 0 saturated heterocycles. The van der Waals surface area contributed by atoms with Crippen LogP contribution < -0.4 is 5.32 Å². The van der Waals surface area contributed by atoms with Gasteiger partial charge in [-0.05, 0) is 31.5 Å². The molecular weight excluding hydrogens is 284 g/mol. The van der Waals surface area contributed by atoms with Gasteiger partial charge >= 0.3 is 0 Å². The molecule has 1 heterocycles. The van der Waals surface area contributed by atoms with E-state index in [-0.39, 0.29) is 18.6 Å². The zero-order valence-electron chi connectivity index (χ0n) is 11.9. The van der Waals surface area contributed by atoms with Crippen molar-refractivity contribution < 1.29 is 9.90 Å². The number of aryl methyl sites for hydroxylation is 1. The summed E-state index contributed by atoms with van der Waals surface area (Å²) >= 11 is 1.45. The molecule has 5 heteroatoms. The first-order valence-corrected chi connectivity index (χ1v) is 7.41. The summed E-state index contributed by atoms with van der Waals surface area (Å²) in [6, 6.07) is 7.44. The molecule has 1 atom stereocenters. The van der Waals surface area contributed by atoms with E-state index in [9.17, 15) is 4.79 Å². The van der Waals surface area contributed by atoms with E-state index in [1.165, 1.54) is 11.3 Å². The number of hydrogen-bond donors (Lipinski definition) is 2. The third-order valence-corrected chi connectivity index (χ3v) is 3.67. The summed E-state index contributed by atoms with van der Waals surface area (Å²) in [5, 5.41) is 14.3. The third kappa shape index (κ3) is 4.15. The average molecular weight is 300 g/mol. The van der Waals surface area contributed by atoms with Gasteiger partial charge in [0.15, 0.2) is 0 Å². The first kappa shape index (κ1) is 15.2. The molecule has 2 rings (SSSR count). The molecule has 108 valence electrons. The number of thiazole rings is 1. The molecule has 0 bridgehead atoms. The fourth-order valence-electron chi connectivity index (χ4n) is 1.85. The molecule has 1 aromatic heterocycles. The van der Waals surface area contributed by atoms with E-state index in [0.717, 1.165) is 16.1 Å². The molecule has 1 amide bonds. The molecule has 21 heavy (non-hydrogen) atoms. The maximum atomic E-state index is 12.1. The minimum Gasteiger partial charge on any atom is -0.384 e. The van der Waals surface area contributed by atoms with Crippen molar-refractivity contribution in [2.45, 2.75) is 19.9 Å². The Morgan fingerprint density at radius 1 is 1.52 bits per heavy atom. The molecule has 1 unspecified atom stereocenters. The molecule has 2 aromatic rings. The van der Waals surface area contributed by atoms with Gasteiger partial charge in [0.25, 0.3) is 5.91 Å². The molecule has 0 aliphatic carbocycles. The van der Waals surface area contributed by atoms with Gasteiger partial charge in [0.05, 0.1) is 11.0 Å². The number of carbonyl (C=O) groups is 1. The summed E-state index contributed by atoms with van der Waals surface area (Å²) in [6.45, 7) is 3.61. The largest absolute Gasteiger partial charge is 0.384 e. The highest BCUT2D eigenvalue weighted by Crippen LogP contribution is 2.15. The summed E-state index contributed by atoms with van der Waals surface area (Å²) in [6.07, 6.45) is 0. The Labute approximate surface area is 127 Å². The van der Waals surface area contributed by atoms with Crippen molar-refractivity contribution >= 4 is 17.2 Å². The Morgan fingerprint density at radius 2 is 2.33 bits per heavy atom. The van der Waals surface area contributed by atoms with Crippen molar-refractivity contribution in [2.75, 3.05) is 6.61 Å². The van der Waals surface area contributed by atoms with Crippen molar-refractivity contribution in [1.82, 2.24) is 10.3 Å². The number of aromatic nitrogens is 1. The molecule has 0 aliphatic heterocycles. The van der Waals surface area contributed by atoms with Gasteiger partial charge in [0, 0.05) is 10.9 Å². The lowest BCUT2D eigenvalue weighted by Crippen LogP contribution is -2.26. The number of nitrogens with one attached hydrogen (secondary N) is 1. The Morgan fingerprint density at radius 3 is 3.00 bits per heavy atom. The Kier molecular flexibility index (Phi) is 5.09. The van der Waals surface area contributed by atoms with Gasteiger partial charge < -0.3 is 10.4 Å². The number of rotatable bonds is 3. The predicted molar refractivity (Wildman–Crippen MR) is 83.1 cm³/mol. The molecule has 0 spiro atoms. The van der Waals surface area contributed by atoms with Gasteiger partial charge in [0.1, 0.15) is 12.3 Å². The highest BCUT2D eigenvalue weighted by atomic mass is 32.1. The topological polar surface area (TPSA) is 62.2 Å². The first-order chi connectivity index (χ1) is 10.1. The molecule has 0 radical (unpaired) electrons. The molecule has 0 fully saturated rings. The number of carbonyl (C=O) groups excluding carboxylic acids is 1. The molecular formula is C16H16N2O2S. The SMILES string of the molecule is Cc1nc(C(=O)NC(C)c2cccc(C#CCO)c2)cs1. The standard InChI is InChI=1S/C16H16N2O2S/c1-11(17-16(20)15-10-21-12(2)18-15)14-7-3-5-13(9-14)6-4-8-19/h3,5,7,9-11,19H,8H2,1-2H3,(H,17,20). The minimum atomic E-state index is -0.182. The van der Waals surface area contributed by atoms with Gasteiger partial charge in [-0.3, -0.25) is 4.79 Å². The van der Waals surface area contributed by atoms with Crippen LogP contribution in [0.15, 0.2) is 29.6 Å². The van der Waals surface area contributed by atoms with E-state index in [4.69, 9.17) is 5.11 Å². The molecule has 1 aromatic carbocycles. The number of hydrogen-bond acceptors (Lipinski definition) is 4. The zero-order valence-corrected chi connectivity index (χ0v) is 12.7. The van der Waals surface area contributed by atoms with Crippen LogP contribution in [0.2, 0.25) is 0 Å². The summed E-state index contributed by atoms with van der Waals surface area (Å²) in [5.74, 6) is 5.28. The first-order valence-electron chi connectivity index (χ1n) is 6.53.